The number of benzene rings is 4. The smallest absolute Gasteiger partial charge is 0.269 e. The standard InChI is InChI=1S/C44H27N7O7.Ti/c52-32-15-7-28(8-16-32)44-39-23-21-37(47-39)42(26-3-11-30(12-4-26)50(55)56)35-19-17-33(45-35)41(25-1-9-29(10-2-25)49(53)54)34-18-20-36(46-34)43(38-22-24-40(44)48-38)27-5-13-31(14-6-27)51(57)58;/h1-24,45,48,52H;. The predicted octanol–water partition coefficient (Wildman–Crippen LogP) is 10.8. The Hall–Kier alpha value is -7.81. The molecule has 0 amide bonds. The molecule has 284 valence electrons. The van der Waals surface area contributed by atoms with Gasteiger partial charge in [0.2, 0.25) is 0 Å². The van der Waals surface area contributed by atoms with Crippen molar-refractivity contribution in [2.75, 3.05) is 0 Å². The number of rotatable bonds is 7. The van der Waals surface area contributed by atoms with Crippen LogP contribution < -0.4 is 0 Å². The van der Waals surface area contributed by atoms with Crippen molar-refractivity contribution in [2.45, 2.75) is 0 Å². The van der Waals surface area contributed by atoms with E-state index in [1.54, 1.807) is 60.7 Å². The van der Waals surface area contributed by atoms with Gasteiger partial charge in [0.1, 0.15) is 5.75 Å². The van der Waals surface area contributed by atoms with E-state index in [1.807, 2.05) is 48.6 Å². The first kappa shape index (κ1) is 38.1. The van der Waals surface area contributed by atoms with E-state index in [0.717, 1.165) is 5.56 Å². The molecule has 2 aliphatic rings. The van der Waals surface area contributed by atoms with Crippen LogP contribution in [0.1, 0.15) is 22.8 Å². The number of H-pyrrole nitrogens is 2. The fraction of sp³-hybridized carbons (Fsp3) is 0. The van der Waals surface area contributed by atoms with E-state index in [-0.39, 0.29) is 44.5 Å². The van der Waals surface area contributed by atoms with Crippen molar-refractivity contribution in [1.82, 2.24) is 19.9 Å². The van der Waals surface area contributed by atoms with Crippen LogP contribution in [0.4, 0.5) is 17.1 Å². The predicted molar refractivity (Wildman–Crippen MR) is 222 cm³/mol. The monoisotopic (exact) mass is 813 g/mol. The van der Waals surface area contributed by atoms with Gasteiger partial charge in [0.05, 0.1) is 37.5 Å². The van der Waals surface area contributed by atoms with E-state index < -0.39 is 14.8 Å². The van der Waals surface area contributed by atoms with E-state index in [4.69, 9.17) is 9.97 Å². The summed E-state index contributed by atoms with van der Waals surface area (Å²) in [6.07, 6.45) is 7.45. The molecule has 0 unspecified atom stereocenters. The second kappa shape index (κ2) is 15.3. The summed E-state index contributed by atoms with van der Waals surface area (Å²) in [6.45, 7) is 0. The molecule has 0 spiro atoms. The molecule has 7 aromatic rings. The molecule has 0 saturated heterocycles. The van der Waals surface area contributed by atoms with Crippen LogP contribution in [0.3, 0.4) is 0 Å². The summed E-state index contributed by atoms with van der Waals surface area (Å²) < 4.78 is 0. The van der Waals surface area contributed by atoms with Crippen molar-refractivity contribution in [1.29, 1.82) is 0 Å². The summed E-state index contributed by atoms with van der Waals surface area (Å²) in [7, 11) is 0. The number of aromatic hydroxyl groups is 1. The van der Waals surface area contributed by atoms with Gasteiger partial charge in [-0.3, -0.25) is 30.3 Å². The summed E-state index contributed by atoms with van der Waals surface area (Å²) in [6, 6.07) is 32.9. The van der Waals surface area contributed by atoms with Crippen molar-refractivity contribution in [2.24, 2.45) is 0 Å². The zero-order valence-electron chi connectivity index (χ0n) is 30.5. The average Bonchev–Trinajstić information content (AvgIpc) is 4.07. The summed E-state index contributed by atoms with van der Waals surface area (Å²) in [5, 5.41) is 45.0. The number of hydrogen-bond donors (Lipinski definition) is 3. The molecule has 14 nitrogen and oxygen atoms in total. The van der Waals surface area contributed by atoms with E-state index >= 15 is 0 Å². The minimum Gasteiger partial charge on any atom is -0.508 e. The number of phenols is 1. The first-order chi connectivity index (χ1) is 28.1. The van der Waals surface area contributed by atoms with Crippen LogP contribution >= 0.6 is 0 Å². The van der Waals surface area contributed by atoms with Gasteiger partial charge in [-0.15, -0.1) is 0 Å². The molecule has 0 radical (unpaired) electrons. The zero-order chi connectivity index (χ0) is 40.1. The Balaban J connectivity index is 0.00000484. The minimum absolute atomic E-state index is 0. The Bertz CT molecular complexity index is 3030. The summed E-state index contributed by atoms with van der Waals surface area (Å²) in [5.74, 6) is 0.0917. The molecule has 5 heterocycles. The van der Waals surface area contributed by atoms with Gasteiger partial charge in [-0.05, 0) is 119 Å². The molecule has 0 fully saturated rings. The SMILES string of the molecule is O=[N+]([O-])c1ccc(-c2c3nc(c(-c4ccc([N+](=O)[O-])cc4)c4ccc([nH]4)c(-c4ccc([N+](=O)[O-])cc4)c4nc(c(-c5ccc(O)cc5)c5ccc2[nH]5)C=C4)C=C3)cc1.[Ti]. The molecule has 0 aliphatic carbocycles. The number of nitrogens with one attached hydrogen (secondary N) is 2. The first-order valence-corrected chi connectivity index (χ1v) is 17.8. The Morgan fingerprint density at radius 2 is 0.627 bits per heavy atom. The molecule has 0 atom stereocenters. The van der Waals surface area contributed by atoms with Crippen LogP contribution in [0.2, 0.25) is 0 Å². The Morgan fingerprint density at radius 1 is 0.390 bits per heavy atom. The van der Waals surface area contributed by atoms with Crippen molar-refractivity contribution in [3.05, 3.63) is 174 Å². The van der Waals surface area contributed by atoms with Gasteiger partial charge in [-0.25, -0.2) is 9.97 Å². The van der Waals surface area contributed by atoms with E-state index in [2.05, 4.69) is 9.97 Å². The van der Waals surface area contributed by atoms with Gasteiger partial charge in [-0.1, -0.05) is 12.1 Å². The molecule has 59 heavy (non-hydrogen) atoms. The Labute approximate surface area is 348 Å². The second-order valence-electron chi connectivity index (χ2n) is 13.5. The third-order valence-electron chi connectivity index (χ3n) is 10.0. The van der Waals surface area contributed by atoms with E-state index in [1.165, 1.54) is 36.4 Å². The maximum atomic E-state index is 11.6. The number of nitro benzene ring substituents is 3. The molecule has 9 rings (SSSR count). The van der Waals surface area contributed by atoms with Gasteiger partial charge in [-0.2, -0.15) is 0 Å². The summed E-state index contributed by atoms with van der Waals surface area (Å²) >= 11 is 0. The normalized spacial score (nSPS) is 11.6. The Morgan fingerprint density at radius 3 is 0.864 bits per heavy atom. The van der Waals surface area contributed by atoms with Crippen LogP contribution in [0.25, 0.3) is 90.9 Å². The van der Waals surface area contributed by atoms with E-state index in [0.29, 0.717) is 83.8 Å². The second-order valence-corrected chi connectivity index (χ2v) is 13.5. The fourth-order valence-corrected chi connectivity index (χ4v) is 7.30. The average molecular weight is 814 g/mol. The number of non-ortho nitro benzene ring substituents is 3. The van der Waals surface area contributed by atoms with Gasteiger partial charge in [0.25, 0.3) is 17.1 Å². The molecule has 3 N–H and O–H groups in total. The number of nitro groups is 3. The van der Waals surface area contributed by atoms with Crippen LogP contribution in [-0.2, 0) is 21.7 Å². The van der Waals surface area contributed by atoms with Gasteiger partial charge in [0, 0.05) is 102 Å². The fourth-order valence-electron chi connectivity index (χ4n) is 7.30. The molecule has 8 bridgehead atoms. The largest absolute Gasteiger partial charge is 0.508 e. The van der Waals surface area contributed by atoms with Crippen LogP contribution in [0.15, 0.2) is 121 Å². The molecular weight excluding hydrogens is 786 g/mol. The van der Waals surface area contributed by atoms with Crippen molar-refractivity contribution in [3.8, 4) is 50.3 Å². The van der Waals surface area contributed by atoms with Gasteiger partial charge < -0.3 is 15.1 Å². The third-order valence-corrected chi connectivity index (χ3v) is 10.0. The molecular formula is C44H27N7O7Ti. The number of phenolic OH excluding ortho intramolecular Hbond substituents is 1. The first-order valence-electron chi connectivity index (χ1n) is 17.8. The topological polar surface area (TPSA) is 207 Å². The third kappa shape index (κ3) is 7.09. The van der Waals surface area contributed by atoms with Crippen molar-refractivity contribution < 1.29 is 41.6 Å². The van der Waals surface area contributed by atoms with Gasteiger partial charge in [0.15, 0.2) is 0 Å². The Kier molecular flexibility index (Phi) is 9.86. The molecule has 0 saturated carbocycles. The number of nitrogens with zero attached hydrogens (tertiary/aromatic N) is 5. The van der Waals surface area contributed by atoms with Crippen LogP contribution in [-0.4, -0.2) is 39.8 Å². The molecule has 15 heteroatoms. The zero-order valence-corrected chi connectivity index (χ0v) is 32.1. The molecule has 4 aromatic carbocycles. The molecule has 2 aliphatic heterocycles. The van der Waals surface area contributed by atoms with Crippen LogP contribution in [0.5, 0.6) is 5.75 Å². The minimum atomic E-state index is -0.466. The quantitative estimate of drug-likeness (QED) is 0.0793. The van der Waals surface area contributed by atoms with Gasteiger partial charge >= 0.3 is 0 Å². The number of aromatic nitrogens is 4. The summed E-state index contributed by atoms with van der Waals surface area (Å²) in [4.78, 5) is 50.8. The number of hydrogen-bond acceptors (Lipinski definition) is 9. The van der Waals surface area contributed by atoms with E-state index in [9.17, 15) is 35.4 Å². The maximum absolute atomic E-state index is 11.6. The van der Waals surface area contributed by atoms with Crippen molar-refractivity contribution >= 4 is 63.4 Å². The molecule has 3 aromatic heterocycles. The summed E-state index contributed by atoms with van der Waals surface area (Å²) in [5.41, 5.74) is 10.0. The number of aromatic amines is 2. The van der Waals surface area contributed by atoms with Crippen LogP contribution in [0, 0.1) is 30.3 Å². The number of fused-ring (bicyclic) bond motifs is 8. The maximum Gasteiger partial charge on any atom is 0.269 e. The van der Waals surface area contributed by atoms with Crippen molar-refractivity contribution in [3.63, 3.8) is 0 Å².